The van der Waals surface area contributed by atoms with E-state index in [2.05, 4.69) is 109 Å². The molecule has 0 unspecified atom stereocenters. The average Bonchev–Trinajstić information content (AvgIpc) is 3.71. The lowest BCUT2D eigenvalue weighted by Crippen LogP contribution is -2.30. The van der Waals surface area contributed by atoms with Crippen molar-refractivity contribution in [3.05, 3.63) is 204 Å². The number of hydrogen-bond acceptors (Lipinski definition) is 2. The van der Waals surface area contributed by atoms with Gasteiger partial charge in [0.25, 0.3) is 11.8 Å². The van der Waals surface area contributed by atoms with Crippen LogP contribution in [-0.2, 0) is 0 Å². The summed E-state index contributed by atoms with van der Waals surface area (Å²) < 4.78 is 2.19. The van der Waals surface area contributed by atoms with Crippen LogP contribution in [0.5, 0.6) is 0 Å². The van der Waals surface area contributed by atoms with Gasteiger partial charge in [-0.15, -0.1) is 0 Å². The summed E-state index contributed by atoms with van der Waals surface area (Å²) in [5.74, 6) is -0.682. The minimum Gasteiger partial charge on any atom is -0.308 e. The van der Waals surface area contributed by atoms with E-state index in [9.17, 15) is 4.79 Å². The fourth-order valence-corrected chi connectivity index (χ4v) is 8.19. The molecule has 0 fully saturated rings. The third-order valence-corrected chi connectivity index (χ3v) is 11.1. The number of hydrogen-bond donors (Lipinski definition) is 0. The Bertz CT molecular complexity index is 2890. The van der Waals surface area contributed by atoms with E-state index in [1.54, 1.807) is 6.07 Å². The fourth-order valence-electron chi connectivity index (χ4n) is 8.19. The van der Waals surface area contributed by atoms with E-state index in [0.29, 0.717) is 22.5 Å². The molecule has 10 rings (SSSR count). The van der Waals surface area contributed by atoms with Gasteiger partial charge in [0.05, 0.1) is 33.5 Å². The Kier molecular flexibility index (Phi) is 7.86. The molecule has 4 heteroatoms. The van der Waals surface area contributed by atoms with Crippen LogP contribution in [0.15, 0.2) is 182 Å². The van der Waals surface area contributed by atoms with Gasteiger partial charge in [-0.05, 0) is 83.1 Å². The van der Waals surface area contributed by atoms with Crippen LogP contribution < -0.4 is 4.90 Å². The summed E-state index contributed by atoms with van der Waals surface area (Å²) in [6.07, 6.45) is 0. The Hall–Kier alpha value is -7.30. The van der Waals surface area contributed by atoms with Crippen molar-refractivity contribution in [1.82, 2.24) is 4.57 Å². The zero-order chi connectivity index (χ0) is 37.9. The fraction of sp³-hybridized carbons (Fsp3) is 0.0385. The predicted octanol–water partition coefficient (Wildman–Crippen LogP) is 12.9. The van der Waals surface area contributed by atoms with E-state index in [1.165, 1.54) is 16.0 Å². The van der Waals surface area contributed by atoms with E-state index in [1.807, 2.05) is 84.9 Å². The minimum atomic E-state index is -0.345. The molecule has 1 aromatic heterocycles. The number of benzene rings is 8. The van der Waals surface area contributed by atoms with Gasteiger partial charge in [-0.25, -0.2) is 4.90 Å². The zero-order valence-electron chi connectivity index (χ0n) is 31.0. The number of aromatic nitrogens is 1. The lowest BCUT2D eigenvalue weighted by molar-refractivity contribution is 0.0926. The first-order valence-electron chi connectivity index (χ1n) is 18.9. The lowest BCUT2D eigenvalue weighted by atomic mass is 9.97. The van der Waals surface area contributed by atoms with Gasteiger partial charge in [-0.2, -0.15) is 0 Å². The third-order valence-electron chi connectivity index (χ3n) is 11.1. The van der Waals surface area contributed by atoms with Crippen molar-refractivity contribution in [2.45, 2.75) is 13.8 Å². The molecule has 0 bridgehead atoms. The standard InChI is InChI=1S/C52H36N2O2/c1-33-16-20-36(21-17-33)40-25-28-43-44-29-26-41(37-22-18-34(2)19-23-37)32-49(44)53(48(43)31-40)46-15-9-14-45-50(46)52(56)54(51(45)55)47-30-39(35-10-5-3-6-11-35)24-27-42(47)38-12-7-4-8-13-38/h3-32H,1-2H3. The number of carbonyl (C=O) groups excluding carboxylic acids is 2. The van der Waals surface area contributed by atoms with Crippen LogP contribution in [0.2, 0.25) is 0 Å². The van der Waals surface area contributed by atoms with E-state index < -0.39 is 0 Å². The second kappa shape index (κ2) is 13.2. The van der Waals surface area contributed by atoms with Crippen molar-refractivity contribution in [2.75, 3.05) is 4.90 Å². The lowest BCUT2D eigenvalue weighted by Gasteiger charge is -2.20. The molecule has 0 N–H and O–H groups in total. The molecular formula is C52H36N2O2. The van der Waals surface area contributed by atoms with Gasteiger partial charge in [0.1, 0.15) is 0 Å². The highest BCUT2D eigenvalue weighted by Gasteiger charge is 2.40. The maximum atomic E-state index is 15.2. The van der Waals surface area contributed by atoms with E-state index in [4.69, 9.17) is 0 Å². The molecule has 4 nitrogen and oxygen atoms in total. The van der Waals surface area contributed by atoms with Crippen molar-refractivity contribution in [1.29, 1.82) is 0 Å². The molecule has 0 aliphatic carbocycles. The largest absolute Gasteiger partial charge is 0.308 e. The molecule has 0 saturated carbocycles. The third kappa shape index (κ3) is 5.46. The highest BCUT2D eigenvalue weighted by Crippen LogP contribution is 2.43. The maximum absolute atomic E-state index is 15.2. The van der Waals surface area contributed by atoms with E-state index >= 15 is 4.79 Å². The summed E-state index contributed by atoms with van der Waals surface area (Å²) in [6.45, 7) is 4.18. The van der Waals surface area contributed by atoms with Gasteiger partial charge in [0.15, 0.2) is 0 Å². The molecule has 56 heavy (non-hydrogen) atoms. The minimum absolute atomic E-state index is 0.337. The van der Waals surface area contributed by atoms with Gasteiger partial charge in [-0.1, -0.05) is 163 Å². The van der Waals surface area contributed by atoms with Gasteiger partial charge in [0.2, 0.25) is 0 Å². The van der Waals surface area contributed by atoms with Crippen LogP contribution in [0.1, 0.15) is 31.8 Å². The molecule has 0 atom stereocenters. The second-order valence-corrected chi connectivity index (χ2v) is 14.6. The quantitative estimate of drug-likeness (QED) is 0.161. The highest BCUT2D eigenvalue weighted by atomic mass is 16.2. The van der Waals surface area contributed by atoms with Crippen molar-refractivity contribution in [2.24, 2.45) is 0 Å². The number of anilines is 1. The number of imide groups is 1. The molecular weight excluding hydrogens is 685 g/mol. The summed E-state index contributed by atoms with van der Waals surface area (Å²) in [5.41, 5.74) is 14.3. The number of rotatable bonds is 6. The molecule has 266 valence electrons. The molecule has 0 radical (unpaired) electrons. The summed E-state index contributed by atoms with van der Waals surface area (Å²) in [4.78, 5) is 31.3. The number of carbonyl (C=O) groups is 2. The average molecular weight is 721 g/mol. The molecule has 9 aromatic rings. The van der Waals surface area contributed by atoms with Crippen LogP contribution in [0, 0.1) is 13.8 Å². The molecule has 8 aromatic carbocycles. The smallest absolute Gasteiger partial charge is 0.268 e. The molecule has 2 heterocycles. The van der Waals surface area contributed by atoms with Crippen LogP contribution >= 0.6 is 0 Å². The second-order valence-electron chi connectivity index (χ2n) is 14.6. The Labute approximate surface area is 325 Å². The van der Waals surface area contributed by atoms with Crippen molar-refractivity contribution >= 4 is 39.3 Å². The van der Waals surface area contributed by atoms with Crippen molar-refractivity contribution < 1.29 is 9.59 Å². The summed E-state index contributed by atoms with van der Waals surface area (Å²) in [7, 11) is 0. The Morgan fingerprint density at radius 1 is 0.357 bits per heavy atom. The summed E-state index contributed by atoms with van der Waals surface area (Å²) in [5, 5.41) is 2.14. The number of aryl methyl sites for hydroxylation is 2. The Balaban J connectivity index is 1.20. The van der Waals surface area contributed by atoms with Crippen molar-refractivity contribution in [3.63, 3.8) is 0 Å². The van der Waals surface area contributed by atoms with Crippen LogP contribution in [-0.4, -0.2) is 16.4 Å². The summed E-state index contributed by atoms with van der Waals surface area (Å²) in [6, 6.07) is 61.9. The molecule has 2 amide bonds. The van der Waals surface area contributed by atoms with Crippen LogP contribution in [0.4, 0.5) is 5.69 Å². The van der Waals surface area contributed by atoms with E-state index in [0.717, 1.165) is 66.3 Å². The monoisotopic (exact) mass is 720 g/mol. The van der Waals surface area contributed by atoms with Crippen LogP contribution in [0.25, 0.3) is 72.0 Å². The first-order chi connectivity index (χ1) is 27.4. The Morgan fingerprint density at radius 2 is 0.839 bits per heavy atom. The SMILES string of the molecule is Cc1ccc(-c2ccc3c4ccc(-c5ccc(C)cc5)cc4n(-c4cccc5c4C(=O)N(c4cc(-c6ccccc6)ccc4-c4ccccc4)C5=O)c3c2)cc1. The molecule has 1 aliphatic rings. The molecule has 0 saturated heterocycles. The van der Waals surface area contributed by atoms with Gasteiger partial charge in [0, 0.05) is 16.3 Å². The van der Waals surface area contributed by atoms with Crippen molar-refractivity contribution in [3.8, 4) is 50.2 Å². The Morgan fingerprint density at radius 3 is 1.41 bits per heavy atom. The molecule has 1 aliphatic heterocycles. The first kappa shape index (κ1) is 33.3. The van der Waals surface area contributed by atoms with Crippen LogP contribution in [0.3, 0.4) is 0 Å². The normalized spacial score (nSPS) is 12.5. The predicted molar refractivity (Wildman–Crippen MR) is 230 cm³/mol. The van der Waals surface area contributed by atoms with Gasteiger partial charge < -0.3 is 4.57 Å². The van der Waals surface area contributed by atoms with Gasteiger partial charge >= 0.3 is 0 Å². The van der Waals surface area contributed by atoms with E-state index in [-0.39, 0.29) is 11.8 Å². The zero-order valence-corrected chi connectivity index (χ0v) is 31.0. The number of nitrogens with zero attached hydrogens (tertiary/aromatic N) is 2. The number of amides is 2. The van der Waals surface area contributed by atoms with Gasteiger partial charge in [-0.3, -0.25) is 9.59 Å². The summed E-state index contributed by atoms with van der Waals surface area (Å²) >= 11 is 0. The number of fused-ring (bicyclic) bond motifs is 4. The first-order valence-corrected chi connectivity index (χ1v) is 18.9. The highest BCUT2D eigenvalue weighted by molar-refractivity contribution is 6.36. The topological polar surface area (TPSA) is 42.3 Å². The molecule has 0 spiro atoms. The maximum Gasteiger partial charge on any atom is 0.268 e.